The van der Waals surface area contributed by atoms with E-state index in [4.69, 9.17) is 4.74 Å². The Kier molecular flexibility index (Phi) is 7.67. The molecule has 5 heteroatoms. The monoisotopic (exact) mass is 318 g/mol. The highest BCUT2D eigenvalue weighted by molar-refractivity contribution is 5.85. The van der Waals surface area contributed by atoms with E-state index in [0.717, 1.165) is 32.0 Å². The van der Waals surface area contributed by atoms with Crippen LogP contribution in [0.1, 0.15) is 30.4 Å². The topological polar surface area (TPSA) is 24.5 Å². The van der Waals surface area contributed by atoms with Gasteiger partial charge in [0.25, 0.3) is 0 Å². The third-order valence-electron chi connectivity index (χ3n) is 3.83. The zero-order valence-electron chi connectivity index (χ0n) is 11.8. The minimum absolute atomic E-state index is 0. The van der Waals surface area contributed by atoms with E-state index in [2.05, 4.69) is 28.4 Å². The lowest BCUT2D eigenvalue weighted by molar-refractivity contribution is 0.221. The molecule has 0 amide bonds. The van der Waals surface area contributed by atoms with Crippen LogP contribution in [0.3, 0.4) is 0 Å². The zero-order chi connectivity index (χ0) is 12.2. The highest BCUT2D eigenvalue weighted by Gasteiger charge is 2.13. The molecule has 20 heavy (non-hydrogen) atoms. The van der Waals surface area contributed by atoms with Crippen molar-refractivity contribution in [3.63, 3.8) is 0 Å². The van der Waals surface area contributed by atoms with Gasteiger partial charge in [0, 0.05) is 25.2 Å². The van der Waals surface area contributed by atoms with Crippen LogP contribution in [0.2, 0.25) is 0 Å². The number of fused-ring (bicyclic) bond motifs is 1. The molecule has 2 heterocycles. The number of rotatable bonds is 2. The summed E-state index contributed by atoms with van der Waals surface area (Å²) in [6.07, 6.45) is 4.11. The molecule has 0 saturated carbocycles. The van der Waals surface area contributed by atoms with Crippen molar-refractivity contribution >= 4 is 24.8 Å². The van der Waals surface area contributed by atoms with E-state index in [9.17, 15) is 0 Å². The van der Waals surface area contributed by atoms with Gasteiger partial charge in [-0.25, -0.2) is 0 Å². The van der Waals surface area contributed by atoms with E-state index in [1.54, 1.807) is 0 Å². The number of nitrogens with zero attached hydrogens (tertiary/aromatic N) is 1. The van der Waals surface area contributed by atoms with Crippen molar-refractivity contribution in [2.75, 3.05) is 26.2 Å². The second kappa shape index (κ2) is 8.73. The second-order valence-electron chi connectivity index (χ2n) is 5.30. The molecule has 0 bridgehead atoms. The summed E-state index contributed by atoms with van der Waals surface area (Å²) in [6.45, 7) is 6.25. The Bertz CT molecular complexity index is 409. The number of ether oxygens (including phenoxy) is 1. The molecular formula is C15H24Cl2N2O. The number of hydrogen-bond donors (Lipinski definition) is 1. The summed E-state index contributed by atoms with van der Waals surface area (Å²) in [5.41, 5.74) is 2.73. The van der Waals surface area contributed by atoms with E-state index in [0.29, 0.717) is 0 Å². The van der Waals surface area contributed by atoms with E-state index in [1.165, 1.54) is 43.5 Å². The molecular weight excluding hydrogens is 295 g/mol. The molecule has 114 valence electrons. The van der Waals surface area contributed by atoms with Crippen LogP contribution >= 0.6 is 24.8 Å². The van der Waals surface area contributed by atoms with Crippen molar-refractivity contribution in [3.05, 3.63) is 29.3 Å². The van der Waals surface area contributed by atoms with Crippen LogP contribution in [0.15, 0.2) is 18.2 Å². The maximum Gasteiger partial charge on any atom is 0.123 e. The first-order valence-corrected chi connectivity index (χ1v) is 7.09. The van der Waals surface area contributed by atoms with Crippen LogP contribution < -0.4 is 10.1 Å². The first-order valence-electron chi connectivity index (χ1n) is 7.09. The fraction of sp³-hybridized carbons (Fsp3) is 0.600. The molecule has 0 atom stereocenters. The third kappa shape index (κ3) is 4.52. The van der Waals surface area contributed by atoms with Crippen molar-refractivity contribution in [1.82, 2.24) is 10.2 Å². The third-order valence-corrected chi connectivity index (χ3v) is 3.83. The lowest BCUT2D eigenvalue weighted by Crippen LogP contribution is -2.29. The van der Waals surface area contributed by atoms with Crippen LogP contribution in [0.5, 0.6) is 5.75 Å². The second-order valence-corrected chi connectivity index (χ2v) is 5.30. The molecule has 0 radical (unpaired) electrons. The molecule has 3 nitrogen and oxygen atoms in total. The van der Waals surface area contributed by atoms with Gasteiger partial charge < -0.3 is 10.1 Å². The minimum Gasteiger partial charge on any atom is -0.492 e. The number of likely N-dealkylation sites (tertiary alicyclic amines) is 1. The summed E-state index contributed by atoms with van der Waals surface area (Å²) in [4.78, 5) is 2.57. The normalized spacial score (nSPS) is 18.8. The van der Waals surface area contributed by atoms with Crippen molar-refractivity contribution in [2.45, 2.75) is 32.4 Å². The Morgan fingerprint density at radius 3 is 2.70 bits per heavy atom. The van der Waals surface area contributed by atoms with E-state index in [-0.39, 0.29) is 24.8 Å². The smallest absolute Gasteiger partial charge is 0.123 e. The number of benzene rings is 1. The molecule has 0 spiro atoms. The van der Waals surface area contributed by atoms with Crippen molar-refractivity contribution in [2.24, 2.45) is 0 Å². The minimum atomic E-state index is 0. The molecule has 2 aliphatic heterocycles. The van der Waals surface area contributed by atoms with Crippen LogP contribution in [0.4, 0.5) is 0 Å². The largest absolute Gasteiger partial charge is 0.492 e. The van der Waals surface area contributed by atoms with Gasteiger partial charge in [0.05, 0.1) is 0 Å². The lowest BCUT2D eigenvalue weighted by atomic mass is 10.1. The van der Waals surface area contributed by atoms with E-state index < -0.39 is 0 Å². The van der Waals surface area contributed by atoms with Gasteiger partial charge >= 0.3 is 0 Å². The number of nitrogens with one attached hydrogen (secondary N) is 1. The van der Waals surface area contributed by atoms with Crippen LogP contribution in [0, 0.1) is 0 Å². The van der Waals surface area contributed by atoms with Gasteiger partial charge in [-0.2, -0.15) is 0 Å². The summed E-state index contributed by atoms with van der Waals surface area (Å²) in [5.74, 6) is 1.06. The predicted molar refractivity (Wildman–Crippen MR) is 87.3 cm³/mol. The van der Waals surface area contributed by atoms with E-state index in [1.807, 2.05) is 0 Å². The molecule has 1 N–H and O–H groups in total. The SMILES string of the molecule is Cl.Cl.c1cc2c(cc1CN1CCCCC1)CNCCO2. The number of hydrogen-bond acceptors (Lipinski definition) is 3. The van der Waals surface area contributed by atoms with E-state index >= 15 is 0 Å². The highest BCUT2D eigenvalue weighted by atomic mass is 35.5. The first kappa shape index (κ1) is 17.6. The summed E-state index contributed by atoms with van der Waals surface area (Å²) >= 11 is 0. The summed E-state index contributed by atoms with van der Waals surface area (Å²) < 4.78 is 5.72. The van der Waals surface area contributed by atoms with Crippen molar-refractivity contribution in [3.8, 4) is 5.75 Å². The van der Waals surface area contributed by atoms with Crippen molar-refractivity contribution in [1.29, 1.82) is 0 Å². The molecule has 3 rings (SSSR count). The van der Waals surface area contributed by atoms with Gasteiger partial charge in [-0.1, -0.05) is 12.5 Å². The van der Waals surface area contributed by atoms with Crippen molar-refractivity contribution < 1.29 is 4.74 Å². The molecule has 0 unspecified atom stereocenters. The van der Waals surface area contributed by atoms with Gasteiger partial charge in [-0.05, 0) is 43.6 Å². The zero-order valence-corrected chi connectivity index (χ0v) is 13.4. The molecule has 1 aromatic rings. The first-order chi connectivity index (χ1) is 8.92. The molecule has 1 saturated heterocycles. The van der Waals surface area contributed by atoms with Crippen LogP contribution in [-0.2, 0) is 13.1 Å². The van der Waals surface area contributed by atoms with Gasteiger partial charge in [0.2, 0.25) is 0 Å². The maximum absolute atomic E-state index is 5.72. The number of piperidine rings is 1. The molecule has 0 aliphatic carbocycles. The highest BCUT2D eigenvalue weighted by Crippen LogP contribution is 2.23. The van der Waals surface area contributed by atoms with Crippen LogP contribution in [-0.4, -0.2) is 31.1 Å². The van der Waals surface area contributed by atoms with Gasteiger partial charge in [-0.3, -0.25) is 4.90 Å². The summed E-state index contributed by atoms with van der Waals surface area (Å²) in [7, 11) is 0. The standard InChI is InChI=1S/C15H22N2O.2ClH/c1-2-7-17(8-3-1)12-13-4-5-15-14(10-13)11-16-6-9-18-15;;/h4-5,10,16H,1-3,6-9,11-12H2;2*1H. The molecule has 1 aromatic carbocycles. The molecule has 2 aliphatic rings. The van der Waals surface area contributed by atoms with Gasteiger partial charge in [0.15, 0.2) is 0 Å². The number of halogens is 2. The van der Waals surface area contributed by atoms with Gasteiger partial charge in [-0.15, -0.1) is 24.8 Å². The Hall–Kier alpha value is -0.480. The Morgan fingerprint density at radius 1 is 1.10 bits per heavy atom. The fourth-order valence-electron chi connectivity index (χ4n) is 2.84. The molecule has 0 aromatic heterocycles. The average Bonchev–Trinajstić information content (AvgIpc) is 2.64. The Morgan fingerprint density at radius 2 is 1.90 bits per heavy atom. The summed E-state index contributed by atoms with van der Waals surface area (Å²) in [5, 5.41) is 3.40. The predicted octanol–water partition coefficient (Wildman–Crippen LogP) is 3.00. The van der Waals surface area contributed by atoms with Gasteiger partial charge in [0.1, 0.15) is 12.4 Å². The Labute approximate surface area is 133 Å². The Balaban J connectivity index is 0.000001000. The fourth-order valence-corrected chi connectivity index (χ4v) is 2.84. The average molecular weight is 319 g/mol. The quantitative estimate of drug-likeness (QED) is 0.907. The van der Waals surface area contributed by atoms with Crippen LogP contribution in [0.25, 0.3) is 0 Å². The summed E-state index contributed by atoms with van der Waals surface area (Å²) in [6, 6.07) is 6.67. The molecule has 1 fully saturated rings. The lowest BCUT2D eigenvalue weighted by Gasteiger charge is -2.26. The maximum atomic E-state index is 5.72.